The van der Waals surface area contributed by atoms with Crippen molar-refractivity contribution in [3.63, 3.8) is 0 Å². The van der Waals surface area contributed by atoms with Crippen molar-refractivity contribution in [3.8, 4) is 0 Å². The van der Waals surface area contributed by atoms with E-state index in [1.807, 2.05) is 18.2 Å². The first-order chi connectivity index (χ1) is 9.36. The molecule has 19 heavy (non-hydrogen) atoms. The second-order valence-corrected chi connectivity index (χ2v) is 6.18. The lowest BCUT2D eigenvalue weighted by Crippen LogP contribution is -2.29. The van der Waals surface area contributed by atoms with Gasteiger partial charge in [-0.3, -0.25) is 0 Å². The van der Waals surface area contributed by atoms with Crippen molar-refractivity contribution >= 4 is 5.97 Å². The van der Waals surface area contributed by atoms with E-state index < -0.39 is 0 Å². The quantitative estimate of drug-likeness (QED) is 0.587. The maximum absolute atomic E-state index is 12.1. The minimum absolute atomic E-state index is 0.123. The third kappa shape index (κ3) is 3.69. The highest BCUT2D eigenvalue weighted by Crippen LogP contribution is 2.36. The molecule has 0 aromatic heterocycles. The topological polar surface area (TPSA) is 26.3 Å². The van der Waals surface area contributed by atoms with Crippen molar-refractivity contribution in [1.82, 2.24) is 0 Å². The normalized spacial score (nSPS) is 24.4. The molecule has 2 heteroatoms. The Labute approximate surface area is 116 Å². The van der Waals surface area contributed by atoms with Gasteiger partial charge in [-0.2, -0.15) is 0 Å². The molecule has 0 heterocycles. The predicted octanol–water partition coefficient (Wildman–Crippen LogP) is 4.22. The Bertz CT molecular complexity index is 499. The Morgan fingerprint density at radius 3 is 2.63 bits per heavy atom. The molecular weight excluding hydrogens is 236 g/mol. The summed E-state index contributed by atoms with van der Waals surface area (Å²) in [4.78, 5) is 12.1. The van der Waals surface area contributed by atoms with Crippen LogP contribution < -0.4 is 0 Å². The summed E-state index contributed by atoms with van der Waals surface area (Å²) < 4.78 is 13.5. The molecule has 0 unspecified atom stereocenters. The van der Waals surface area contributed by atoms with Gasteiger partial charge in [0.15, 0.2) is 0 Å². The summed E-state index contributed by atoms with van der Waals surface area (Å²) in [6.07, 6.45) is 3.05. The van der Waals surface area contributed by atoms with Gasteiger partial charge in [0.05, 0.1) is 6.93 Å². The van der Waals surface area contributed by atoms with Crippen LogP contribution in [0.15, 0.2) is 42.5 Å². The molecule has 0 spiro atoms. The fourth-order valence-electron chi connectivity index (χ4n) is 2.30. The smallest absolute Gasteiger partial charge is 0.338 e. The molecule has 1 aromatic rings. The lowest BCUT2D eigenvalue weighted by molar-refractivity contribution is 0.0281. The number of esters is 1. The third-order valence-electron chi connectivity index (χ3n) is 3.68. The van der Waals surface area contributed by atoms with Crippen LogP contribution in [0, 0.1) is 11.3 Å². The van der Waals surface area contributed by atoms with Gasteiger partial charge in [0, 0.05) is 0 Å². The maximum Gasteiger partial charge on any atom is 0.338 e. The summed E-state index contributed by atoms with van der Waals surface area (Å²) in [7, 11) is 0. The Kier molecular flexibility index (Phi) is 3.67. The van der Waals surface area contributed by atoms with Gasteiger partial charge in [0.2, 0.25) is 0 Å². The van der Waals surface area contributed by atoms with Gasteiger partial charge in [-0.15, -0.1) is 0 Å². The molecule has 0 radical (unpaired) electrons. The molecule has 1 aromatic carbocycles. The predicted molar refractivity (Wildman–Crippen MR) is 77.0 cm³/mol. The maximum atomic E-state index is 12.1. The molecule has 0 aliphatic heterocycles. The van der Waals surface area contributed by atoms with Gasteiger partial charge in [-0.05, 0) is 42.4 Å². The van der Waals surface area contributed by atoms with E-state index in [2.05, 4.69) is 20.8 Å². The van der Waals surface area contributed by atoms with Crippen molar-refractivity contribution in [1.29, 1.82) is 0 Å². The molecule has 2 atom stereocenters. The SMILES string of the molecule is [2H]C1=C[C@H](OC(=O)c2ccccc2)C[C@@H](C(C)(C)C)C1. The van der Waals surface area contributed by atoms with E-state index in [-0.39, 0.29) is 17.5 Å². The number of carbonyl (C=O) groups is 1. The van der Waals surface area contributed by atoms with Crippen LogP contribution in [-0.2, 0) is 4.74 Å². The highest BCUT2D eigenvalue weighted by molar-refractivity contribution is 5.89. The number of hydrogen-bond donors (Lipinski definition) is 0. The summed E-state index contributed by atoms with van der Waals surface area (Å²) in [5.41, 5.74) is 0.683. The molecular formula is C17H22O2. The van der Waals surface area contributed by atoms with Gasteiger partial charge in [-0.25, -0.2) is 4.79 Å². The second kappa shape index (κ2) is 5.60. The van der Waals surface area contributed by atoms with E-state index in [4.69, 9.17) is 6.11 Å². The van der Waals surface area contributed by atoms with Crippen molar-refractivity contribution in [2.45, 2.75) is 39.7 Å². The highest BCUT2D eigenvalue weighted by atomic mass is 16.5. The zero-order valence-electron chi connectivity index (χ0n) is 12.8. The number of allylic oxidation sites excluding steroid dienone is 1. The van der Waals surface area contributed by atoms with E-state index in [0.29, 0.717) is 17.5 Å². The van der Waals surface area contributed by atoms with Crippen LogP contribution in [0.4, 0.5) is 0 Å². The minimum Gasteiger partial charge on any atom is -0.455 e. The molecule has 2 rings (SSSR count). The van der Waals surface area contributed by atoms with E-state index in [9.17, 15) is 4.79 Å². The minimum atomic E-state index is -0.311. The van der Waals surface area contributed by atoms with E-state index in [1.165, 1.54) is 0 Å². The Hall–Kier alpha value is -1.57. The van der Waals surface area contributed by atoms with Crippen molar-refractivity contribution < 1.29 is 10.9 Å². The molecule has 0 fully saturated rings. The van der Waals surface area contributed by atoms with Crippen molar-refractivity contribution in [2.24, 2.45) is 11.3 Å². The first-order valence-electron chi connectivity index (χ1n) is 7.29. The molecule has 0 N–H and O–H groups in total. The zero-order chi connectivity index (χ0) is 14.8. The zero-order valence-corrected chi connectivity index (χ0v) is 11.8. The largest absolute Gasteiger partial charge is 0.455 e. The van der Waals surface area contributed by atoms with E-state index in [1.54, 1.807) is 18.2 Å². The summed E-state index contributed by atoms with van der Waals surface area (Å²) >= 11 is 0. The Morgan fingerprint density at radius 2 is 2.00 bits per heavy atom. The summed E-state index contributed by atoms with van der Waals surface area (Å²) in [6.45, 7) is 6.52. The van der Waals surface area contributed by atoms with Gasteiger partial charge >= 0.3 is 5.97 Å². The number of carbonyl (C=O) groups excluding carboxylic acids is 1. The number of ether oxygens (including phenoxy) is 1. The van der Waals surface area contributed by atoms with Crippen LogP contribution >= 0.6 is 0 Å². The van der Waals surface area contributed by atoms with Crippen molar-refractivity contribution in [3.05, 3.63) is 48.0 Å². The van der Waals surface area contributed by atoms with Gasteiger partial charge < -0.3 is 4.74 Å². The van der Waals surface area contributed by atoms with Crippen LogP contribution in [0.1, 0.15) is 45.3 Å². The molecule has 0 bridgehead atoms. The average molecular weight is 259 g/mol. The molecule has 0 amide bonds. The lowest BCUT2D eigenvalue weighted by atomic mass is 9.74. The van der Waals surface area contributed by atoms with Crippen LogP contribution in [0.5, 0.6) is 0 Å². The van der Waals surface area contributed by atoms with Gasteiger partial charge in [-0.1, -0.05) is 45.0 Å². The van der Waals surface area contributed by atoms with E-state index in [0.717, 1.165) is 12.8 Å². The molecule has 0 saturated carbocycles. The third-order valence-corrected chi connectivity index (χ3v) is 3.68. The number of rotatable bonds is 2. The van der Waals surface area contributed by atoms with Crippen LogP contribution in [0.2, 0.25) is 0 Å². The standard InChI is InChI=1S/C17H22O2/c1-17(2,3)14-10-7-11-15(12-14)19-16(18)13-8-5-4-6-9-13/h4-9,11,14-15H,10,12H2,1-3H3/t14-,15-/m0/s1/i7D. The number of hydrogen-bond acceptors (Lipinski definition) is 2. The van der Waals surface area contributed by atoms with Gasteiger partial charge in [0.25, 0.3) is 0 Å². The molecule has 1 aliphatic rings. The average Bonchev–Trinajstić information content (AvgIpc) is 2.38. The lowest BCUT2D eigenvalue weighted by Gasteiger charge is -2.34. The second-order valence-electron chi connectivity index (χ2n) is 6.18. The first kappa shape index (κ1) is 12.5. The molecule has 2 nitrogen and oxygen atoms in total. The Morgan fingerprint density at radius 1 is 1.32 bits per heavy atom. The van der Waals surface area contributed by atoms with Gasteiger partial charge in [0.1, 0.15) is 6.10 Å². The summed E-state index contributed by atoms with van der Waals surface area (Å²) in [5, 5.41) is 0. The monoisotopic (exact) mass is 259 g/mol. The van der Waals surface area contributed by atoms with E-state index >= 15 is 0 Å². The Balaban J connectivity index is 2.06. The fraction of sp³-hybridized carbons (Fsp3) is 0.471. The molecule has 102 valence electrons. The van der Waals surface area contributed by atoms with Crippen molar-refractivity contribution in [2.75, 3.05) is 0 Å². The molecule has 1 aliphatic carbocycles. The molecule has 0 saturated heterocycles. The van der Waals surface area contributed by atoms with Crippen LogP contribution in [0.25, 0.3) is 0 Å². The number of benzene rings is 1. The first-order valence-corrected chi connectivity index (χ1v) is 6.79. The summed E-state index contributed by atoms with van der Waals surface area (Å²) in [6, 6.07) is 9.58. The van der Waals surface area contributed by atoms with Crippen LogP contribution in [0.3, 0.4) is 0 Å². The van der Waals surface area contributed by atoms with Crippen LogP contribution in [-0.4, -0.2) is 12.1 Å². The highest BCUT2D eigenvalue weighted by Gasteiger charge is 2.29. The summed E-state index contributed by atoms with van der Waals surface area (Å²) in [5.74, 6) is 0.0581. The fourth-order valence-corrected chi connectivity index (χ4v) is 2.30.